The van der Waals surface area contributed by atoms with E-state index in [9.17, 15) is 13.2 Å². The molecule has 0 N–H and O–H groups in total. The van der Waals surface area contributed by atoms with Crippen LogP contribution in [0.2, 0.25) is 0 Å². The fraction of sp³-hybridized carbons (Fsp3) is 0.300. The Morgan fingerprint density at radius 3 is 2.31 bits per heavy atom. The fourth-order valence-corrected chi connectivity index (χ4v) is 3.51. The molecule has 3 nitrogen and oxygen atoms in total. The van der Waals surface area contributed by atoms with Gasteiger partial charge in [-0.3, -0.25) is 4.79 Å². The highest BCUT2D eigenvalue weighted by atomic mass is 127. The van der Waals surface area contributed by atoms with Crippen LogP contribution in [0.15, 0.2) is 28.7 Å². The first-order valence-electron chi connectivity index (χ1n) is 4.54. The monoisotopic (exact) mass is 416 g/mol. The molecule has 0 saturated heterocycles. The second-order valence-electron chi connectivity index (χ2n) is 3.14. The van der Waals surface area contributed by atoms with Crippen molar-refractivity contribution in [2.45, 2.75) is 10.2 Å². The van der Waals surface area contributed by atoms with Crippen molar-refractivity contribution < 1.29 is 13.2 Å². The van der Waals surface area contributed by atoms with Gasteiger partial charge in [0.25, 0.3) is 0 Å². The summed E-state index contributed by atoms with van der Waals surface area (Å²) < 4.78 is 22.9. The lowest BCUT2D eigenvalue weighted by atomic mass is 10.2. The molecule has 0 aliphatic carbocycles. The third-order valence-electron chi connectivity index (χ3n) is 2.05. The van der Waals surface area contributed by atoms with E-state index in [1.165, 1.54) is 6.92 Å². The molecule has 1 aromatic rings. The first-order valence-corrected chi connectivity index (χ1v) is 8.29. The number of rotatable bonds is 4. The summed E-state index contributed by atoms with van der Waals surface area (Å²) >= 11 is 4.93. The molecule has 1 atom stereocenters. The zero-order chi connectivity index (χ0) is 12.3. The summed E-state index contributed by atoms with van der Waals surface area (Å²) in [7, 11) is -3.33. The summed E-state index contributed by atoms with van der Waals surface area (Å²) in [4.78, 5) is 11.9. The summed E-state index contributed by atoms with van der Waals surface area (Å²) in [6.45, 7) is 1.54. The van der Waals surface area contributed by atoms with Gasteiger partial charge in [0.15, 0.2) is 18.9 Å². The summed E-state index contributed by atoms with van der Waals surface area (Å²) in [6, 6.07) is 6.66. The summed E-state index contributed by atoms with van der Waals surface area (Å²) in [5.74, 6) is -0.391. The highest BCUT2D eigenvalue weighted by molar-refractivity contribution is 14.1. The Bertz CT molecular complexity index is 481. The van der Waals surface area contributed by atoms with Gasteiger partial charge in [-0.05, 0) is 12.1 Å². The van der Waals surface area contributed by atoms with Crippen molar-refractivity contribution in [3.63, 3.8) is 0 Å². The first-order chi connectivity index (χ1) is 7.38. The molecule has 0 bridgehead atoms. The highest BCUT2D eigenvalue weighted by Gasteiger charge is 2.28. The van der Waals surface area contributed by atoms with Crippen LogP contribution in [0.25, 0.3) is 0 Å². The summed E-state index contributed by atoms with van der Waals surface area (Å²) in [5, 5.41) is 0. The smallest absolute Gasteiger partial charge is 0.190 e. The number of halogens is 2. The van der Waals surface area contributed by atoms with Crippen LogP contribution in [0.4, 0.5) is 0 Å². The van der Waals surface area contributed by atoms with Crippen molar-refractivity contribution in [1.82, 2.24) is 0 Å². The topological polar surface area (TPSA) is 51.2 Å². The van der Waals surface area contributed by atoms with E-state index in [2.05, 4.69) is 15.9 Å². The second-order valence-corrected chi connectivity index (χ2v) is 8.52. The van der Waals surface area contributed by atoms with E-state index in [4.69, 9.17) is 0 Å². The number of sulfone groups is 1. The number of benzene rings is 1. The van der Waals surface area contributed by atoms with Gasteiger partial charge in [0.2, 0.25) is 0 Å². The van der Waals surface area contributed by atoms with Crippen molar-refractivity contribution >= 4 is 54.1 Å². The largest absolute Gasteiger partial charge is 0.292 e. The van der Waals surface area contributed by atoms with Crippen molar-refractivity contribution in [1.29, 1.82) is 0 Å². The van der Waals surface area contributed by atoms with Crippen molar-refractivity contribution in [2.24, 2.45) is 0 Å². The average Bonchev–Trinajstić information content (AvgIpc) is 2.28. The average molecular weight is 417 g/mol. The first kappa shape index (κ1) is 14.1. The highest BCUT2D eigenvalue weighted by Crippen LogP contribution is 2.19. The Hall–Kier alpha value is 0.0500. The van der Waals surface area contributed by atoms with Gasteiger partial charge in [-0.2, -0.15) is 0 Å². The molecule has 16 heavy (non-hydrogen) atoms. The molecule has 1 aromatic carbocycles. The normalized spacial score (nSPS) is 13.4. The summed E-state index contributed by atoms with van der Waals surface area (Å²) in [6.07, 6.45) is 0. The molecule has 0 radical (unpaired) electrons. The standard InChI is InChI=1S/C10H10BrIO3S/c1-2-16(14,15)10(12)9(13)7-3-5-8(11)6-4-7/h3-6,10H,2H2,1H3/t10-/m1/s1. The SMILES string of the molecule is CCS(=O)(=O)[C@@H](I)C(=O)c1ccc(Br)cc1. The van der Waals surface area contributed by atoms with Gasteiger partial charge >= 0.3 is 0 Å². The third kappa shape index (κ3) is 3.27. The molecule has 0 spiro atoms. The van der Waals surface area contributed by atoms with Crippen LogP contribution < -0.4 is 0 Å². The fourth-order valence-electron chi connectivity index (χ4n) is 1.05. The molecule has 0 aliphatic rings. The van der Waals surface area contributed by atoms with Crippen LogP contribution in [0, 0.1) is 0 Å². The molecule has 88 valence electrons. The summed E-state index contributed by atoms with van der Waals surface area (Å²) in [5.41, 5.74) is 0.416. The van der Waals surface area contributed by atoms with Crippen LogP contribution >= 0.6 is 38.5 Å². The number of hydrogen-bond acceptors (Lipinski definition) is 3. The Kier molecular flexibility index (Phi) is 4.93. The number of alkyl halides is 1. The molecule has 6 heteroatoms. The van der Waals surface area contributed by atoms with Gasteiger partial charge in [-0.15, -0.1) is 0 Å². The minimum atomic E-state index is -3.33. The van der Waals surface area contributed by atoms with Crippen molar-refractivity contribution in [3.8, 4) is 0 Å². The van der Waals surface area contributed by atoms with Crippen molar-refractivity contribution in [3.05, 3.63) is 34.3 Å². The minimum Gasteiger partial charge on any atom is -0.292 e. The quantitative estimate of drug-likeness (QED) is 0.430. The van der Waals surface area contributed by atoms with E-state index in [0.29, 0.717) is 5.56 Å². The van der Waals surface area contributed by atoms with Crippen LogP contribution in [0.3, 0.4) is 0 Å². The number of hydrogen-bond donors (Lipinski definition) is 0. The van der Waals surface area contributed by atoms with Crippen LogP contribution in [0.5, 0.6) is 0 Å². The number of ketones is 1. The predicted octanol–water partition coefficient (Wildman–Crippen LogP) is 2.83. The van der Waals surface area contributed by atoms with Crippen LogP contribution in [-0.4, -0.2) is 23.2 Å². The Labute approximate surface area is 117 Å². The molecule has 0 aliphatic heterocycles. The lowest BCUT2D eigenvalue weighted by molar-refractivity contribution is 0.101. The van der Waals surface area contributed by atoms with E-state index in [1.807, 2.05) is 0 Å². The molecular formula is C10H10BrIO3S. The van der Waals surface area contributed by atoms with Gasteiger partial charge in [0.1, 0.15) is 0 Å². The van der Waals surface area contributed by atoms with Crippen LogP contribution in [-0.2, 0) is 9.84 Å². The van der Waals surface area contributed by atoms with E-state index >= 15 is 0 Å². The molecule has 0 saturated carbocycles. The Balaban J connectivity index is 2.99. The van der Waals surface area contributed by atoms with Gasteiger partial charge < -0.3 is 0 Å². The third-order valence-corrected chi connectivity index (χ3v) is 7.12. The lowest BCUT2D eigenvalue weighted by Crippen LogP contribution is -2.25. The zero-order valence-corrected chi connectivity index (χ0v) is 13.0. The molecule has 0 heterocycles. The molecule has 0 unspecified atom stereocenters. The maximum atomic E-state index is 11.9. The van der Waals surface area contributed by atoms with E-state index < -0.39 is 13.1 Å². The minimum absolute atomic E-state index is 0.0249. The maximum Gasteiger partial charge on any atom is 0.190 e. The van der Waals surface area contributed by atoms with E-state index in [0.717, 1.165) is 4.47 Å². The second kappa shape index (κ2) is 5.59. The Morgan fingerprint density at radius 1 is 1.38 bits per heavy atom. The van der Waals surface area contributed by atoms with E-state index in [-0.39, 0.29) is 11.5 Å². The molecular weight excluding hydrogens is 407 g/mol. The van der Waals surface area contributed by atoms with Crippen LogP contribution in [0.1, 0.15) is 17.3 Å². The predicted molar refractivity (Wildman–Crippen MR) is 75.7 cm³/mol. The molecule has 0 fully saturated rings. The maximum absolute atomic E-state index is 11.9. The Morgan fingerprint density at radius 2 is 1.88 bits per heavy atom. The van der Waals surface area contributed by atoms with E-state index in [1.54, 1.807) is 46.9 Å². The molecule has 1 rings (SSSR count). The molecule has 0 amide bonds. The van der Waals surface area contributed by atoms with Gasteiger partial charge in [-0.1, -0.05) is 57.6 Å². The van der Waals surface area contributed by atoms with Gasteiger partial charge in [0.05, 0.1) is 0 Å². The number of Topliss-reactive ketones (excluding diaryl/α,β-unsaturated/α-hetero) is 1. The van der Waals surface area contributed by atoms with Gasteiger partial charge in [0, 0.05) is 15.8 Å². The number of carbonyl (C=O) groups excluding carboxylic acids is 1. The lowest BCUT2D eigenvalue weighted by Gasteiger charge is -2.08. The number of carbonyl (C=O) groups is 1. The zero-order valence-electron chi connectivity index (χ0n) is 8.48. The van der Waals surface area contributed by atoms with Gasteiger partial charge in [-0.25, -0.2) is 8.42 Å². The molecule has 0 aromatic heterocycles. The van der Waals surface area contributed by atoms with Crippen molar-refractivity contribution in [2.75, 3.05) is 5.75 Å².